The second-order valence-corrected chi connectivity index (χ2v) is 6.09. The van der Waals surface area contributed by atoms with E-state index in [0.29, 0.717) is 24.7 Å². The number of hydrogen-bond donors (Lipinski definition) is 2. The number of anilines is 1. The number of aryl methyl sites for hydroxylation is 2. The highest BCUT2D eigenvalue weighted by Crippen LogP contribution is 2.08. The van der Waals surface area contributed by atoms with E-state index in [-0.39, 0.29) is 5.91 Å². The zero-order valence-corrected chi connectivity index (χ0v) is 15.4. The predicted molar refractivity (Wildman–Crippen MR) is 106 cm³/mol. The van der Waals surface area contributed by atoms with Crippen LogP contribution in [-0.2, 0) is 4.79 Å². The molecule has 0 aliphatic rings. The van der Waals surface area contributed by atoms with Crippen LogP contribution < -0.4 is 10.6 Å². The highest BCUT2D eigenvalue weighted by molar-refractivity contribution is 5.91. The van der Waals surface area contributed by atoms with Crippen LogP contribution >= 0.6 is 0 Å². The minimum Gasteiger partial charge on any atom is -0.367 e. The van der Waals surface area contributed by atoms with Gasteiger partial charge in [-0.05, 0) is 49.2 Å². The number of hydrogen-bond acceptors (Lipinski definition) is 5. The molecule has 1 amide bonds. The van der Waals surface area contributed by atoms with E-state index in [0.717, 1.165) is 16.8 Å². The molecule has 2 N–H and O–H groups in total. The zero-order chi connectivity index (χ0) is 19.1. The van der Waals surface area contributed by atoms with E-state index in [1.807, 2.05) is 68.6 Å². The lowest BCUT2D eigenvalue weighted by atomic mass is 10.1. The maximum atomic E-state index is 11.9. The smallest absolute Gasteiger partial charge is 0.244 e. The number of benzene rings is 1. The van der Waals surface area contributed by atoms with Gasteiger partial charge in [-0.2, -0.15) is 5.10 Å². The Bertz CT molecular complexity index is 930. The maximum absolute atomic E-state index is 11.9. The number of rotatable bonds is 7. The SMILES string of the molecule is Cc1ccn(-c2ccc(NCCNC(=O)/C=C/c3ccccc3C)nn2)n1. The van der Waals surface area contributed by atoms with Gasteiger partial charge in [0.15, 0.2) is 5.82 Å². The molecule has 7 heteroatoms. The first-order chi connectivity index (χ1) is 13.1. The minimum atomic E-state index is -0.129. The molecular weight excluding hydrogens is 340 g/mol. The van der Waals surface area contributed by atoms with Crippen LogP contribution in [0.3, 0.4) is 0 Å². The molecule has 0 spiro atoms. The van der Waals surface area contributed by atoms with Crippen LogP contribution in [-0.4, -0.2) is 39.0 Å². The summed E-state index contributed by atoms with van der Waals surface area (Å²) in [6.07, 6.45) is 5.20. The van der Waals surface area contributed by atoms with Gasteiger partial charge in [-0.25, -0.2) is 4.68 Å². The summed E-state index contributed by atoms with van der Waals surface area (Å²) in [6, 6.07) is 13.5. The molecule has 1 aromatic carbocycles. The van der Waals surface area contributed by atoms with Gasteiger partial charge in [0.05, 0.1) is 5.69 Å². The summed E-state index contributed by atoms with van der Waals surface area (Å²) in [7, 11) is 0. The third-order valence-corrected chi connectivity index (χ3v) is 3.94. The second kappa shape index (κ2) is 8.75. The summed E-state index contributed by atoms with van der Waals surface area (Å²) < 4.78 is 1.67. The van der Waals surface area contributed by atoms with E-state index in [1.54, 1.807) is 10.8 Å². The van der Waals surface area contributed by atoms with Gasteiger partial charge < -0.3 is 10.6 Å². The fraction of sp³-hybridized carbons (Fsp3) is 0.200. The Labute approximate surface area is 158 Å². The van der Waals surface area contributed by atoms with Crippen molar-refractivity contribution in [1.29, 1.82) is 0 Å². The average Bonchev–Trinajstić information content (AvgIpc) is 3.11. The normalized spacial score (nSPS) is 10.9. The summed E-state index contributed by atoms with van der Waals surface area (Å²) in [6.45, 7) is 4.98. The zero-order valence-electron chi connectivity index (χ0n) is 15.4. The molecule has 2 heterocycles. The van der Waals surface area contributed by atoms with Crippen LogP contribution in [0.2, 0.25) is 0 Å². The first kappa shape index (κ1) is 18.3. The molecule has 0 saturated heterocycles. The summed E-state index contributed by atoms with van der Waals surface area (Å²) in [5, 5.41) is 18.5. The Morgan fingerprint density at radius 1 is 1.07 bits per heavy atom. The van der Waals surface area contributed by atoms with Crippen LogP contribution in [0, 0.1) is 13.8 Å². The van der Waals surface area contributed by atoms with E-state index < -0.39 is 0 Å². The maximum Gasteiger partial charge on any atom is 0.244 e. The van der Waals surface area contributed by atoms with Crippen molar-refractivity contribution in [2.24, 2.45) is 0 Å². The van der Waals surface area contributed by atoms with E-state index in [9.17, 15) is 4.79 Å². The lowest BCUT2D eigenvalue weighted by Crippen LogP contribution is -2.27. The molecule has 0 bridgehead atoms. The fourth-order valence-electron chi connectivity index (χ4n) is 2.46. The Morgan fingerprint density at radius 2 is 1.93 bits per heavy atom. The van der Waals surface area contributed by atoms with Gasteiger partial charge in [0.1, 0.15) is 5.82 Å². The first-order valence-electron chi connectivity index (χ1n) is 8.73. The average molecular weight is 362 g/mol. The van der Waals surface area contributed by atoms with Crippen molar-refractivity contribution in [3.05, 3.63) is 71.6 Å². The van der Waals surface area contributed by atoms with Gasteiger partial charge in [-0.3, -0.25) is 4.79 Å². The summed E-state index contributed by atoms with van der Waals surface area (Å²) in [5.74, 6) is 1.17. The van der Waals surface area contributed by atoms with Gasteiger partial charge in [0, 0.05) is 25.4 Å². The van der Waals surface area contributed by atoms with Gasteiger partial charge in [-0.15, -0.1) is 10.2 Å². The number of carbonyl (C=O) groups is 1. The molecule has 138 valence electrons. The lowest BCUT2D eigenvalue weighted by molar-refractivity contribution is -0.116. The molecule has 0 aliphatic heterocycles. The highest BCUT2D eigenvalue weighted by atomic mass is 16.1. The van der Waals surface area contributed by atoms with Crippen molar-refractivity contribution < 1.29 is 4.79 Å². The standard InChI is InChI=1S/C20H22N6O/c1-15-5-3-4-6-17(15)7-10-20(27)22-13-12-21-18-8-9-19(24-23-18)26-14-11-16(2)25-26/h3-11,14H,12-13H2,1-2H3,(H,21,23)(H,22,27)/b10-7+. The molecule has 0 aliphatic carbocycles. The molecule has 0 radical (unpaired) electrons. The van der Waals surface area contributed by atoms with Crippen LogP contribution in [0.5, 0.6) is 0 Å². The van der Waals surface area contributed by atoms with Crippen molar-refractivity contribution in [3.8, 4) is 5.82 Å². The van der Waals surface area contributed by atoms with Crippen molar-refractivity contribution in [2.75, 3.05) is 18.4 Å². The number of nitrogens with one attached hydrogen (secondary N) is 2. The van der Waals surface area contributed by atoms with Gasteiger partial charge in [0.2, 0.25) is 5.91 Å². The van der Waals surface area contributed by atoms with Crippen LogP contribution in [0.4, 0.5) is 5.82 Å². The van der Waals surface area contributed by atoms with E-state index in [1.165, 1.54) is 0 Å². The van der Waals surface area contributed by atoms with Gasteiger partial charge in [0.25, 0.3) is 0 Å². The van der Waals surface area contributed by atoms with Crippen molar-refractivity contribution >= 4 is 17.8 Å². The number of aromatic nitrogens is 4. The second-order valence-electron chi connectivity index (χ2n) is 6.09. The monoisotopic (exact) mass is 362 g/mol. The molecule has 7 nitrogen and oxygen atoms in total. The third kappa shape index (κ3) is 5.24. The van der Waals surface area contributed by atoms with Gasteiger partial charge >= 0.3 is 0 Å². The molecule has 0 saturated carbocycles. The number of carbonyl (C=O) groups excluding carboxylic acids is 1. The molecule has 27 heavy (non-hydrogen) atoms. The Balaban J connectivity index is 1.42. The van der Waals surface area contributed by atoms with E-state index >= 15 is 0 Å². The quantitative estimate of drug-likeness (QED) is 0.498. The first-order valence-corrected chi connectivity index (χ1v) is 8.73. The van der Waals surface area contributed by atoms with Crippen LogP contribution in [0.15, 0.2) is 54.7 Å². The van der Waals surface area contributed by atoms with Crippen molar-refractivity contribution in [2.45, 2.75) is 13.8 Å². The Kier molecular flexibility index (Phi) is 5.94. The van der Waals surface area contributed by atoms with Gasteiger partial charge in [-0.1, -0.05) is 24.3 Å². The molecule has 3 aromatic rings. The largest absolute Gasteiger partial charge is 0.367 e. The summed E-state index contributed by atoms with van der Waals surface area (Å²) >= 11 is 0. The van der Waals surface area contributed by atoms with E-state index in [4.69, 9.17) is 0 Å². The lowest BCUT2D eigenvalue weighted by Gasteiger charge is -2.06. The molecule has 0 atom stereocenters. The molecule has 0 fully saturated rings. The molecule has 3 rings (SSSR count). The van der Waals surface area contributed by atoms with Crippen LogP contribution in [0.1, 0.15) is 16.8 Å². The fourth-order valence-corrected chi connectivity index (χ4v) is 2.46. The predicted octanol–water partition coefficient (Wildman–Crippen LogP) is 2.52. The van der Waals surface area contributed by atoms with Crippen molar-refractivity contribution in [1.82, 2.24) is 25.3 Å². The van der Waals surface area contributed by atoms with Crippen molar-refractivity contribution in [3.63, 3.8) is 0 Å². The summed E-state index contributed by atoms with van der Waals surface area (Å²) in [5.41, 5.74) is 3.09. The topological polar surface area (TPSA) is 84.7 Å². The van der Waals surface area contributed by atoms with E-state index in [2.05, 4.69) is 25.9 Å². The molecule has 2 aromatic heterocycles. The highest BCUT2D eigenvalue weighted by Gasteiger charge is 2.02. The molecule has 0 unspecified atom stereocenters. The number of amides is 1. The Hall–Kier alpha value is -3.48. The third-order valence-electron chi connectivity index (χ3n) is 3.94. The minimum absolute atomic E-state index is 0.129. The molecular formula is C20H22N6O. The number of nitrogens with zero attached hydrogens (tertiary/aromatic N) is 4. The Morgan fingerprint density at radius 3 is 2.63 bits per heavy atom. The van der Waals surface area contributed by atoms with Crippen LogP contribution in [0.25, 0.3) is 11.9 Å². The summed E-state index contributed by atoms with van der Waals surface area (Å²) in [4.78, 5) is 11.9.